The minimum Gasteiger partial charge on any atom is -0.460 e. The van der Waals surface area contributed by atoms with Gasteiger partial charge in [0.15, 0.2) is 5.44 Å². The lowest BCUT2D eigenvalue weighted by atomic mass is 10.1. The molecule has 0 saturated carbocycles. The average Bonchev–Trinajstić information content (AvgIpc) is 3.06. The topological polar surface area (TPSA) is 21.6 Å². The molecule has 0 fully saturated rings. The monoisotopic (exact) mass is 345 g/mol. The van der Waals surface area contributed by atoms with Crippen LogP contribution in [0.15, 0.2) is 101 Å². The first kappa shape index (κ1) is 16.0. The van der Waals surface area contributed by atoms with Crippen molar-refractivity contribution in [3.63, 3.8) is 0 Å². The number of aliphatic imine (C=N–C) groups is 1. The van der Waals surface area contributed by atoms with Crippen molar-refractivity contribution >= 4 is 17.7 Å². The summed E-state index contributed by atoms with van der Waals surface area (Å²) < 4.78 is 6.25. The second-order valence-electron chi connectivity index (χ2n) is 5.97. The van der Waals surface area contributed by atoms with Crippen molar-refractivity contribution in [2.24, 2.45) is 4.99 Å². The lowest BCUT2D eigenvalue weighted by Crippen LogP contribution is -2.21. The van der Waals surface area contributed by atoms with Gasteiger partial charge in [0.1, 0.15) is 6.04 Å². The summed E-state index contributed by atoms with van der Waals surface area (Å²) in [6, 6.07) is 31.1. The second kappa shape index (κ2) is 7.58. The number of rotatable bonds is 5. The van der Waals surface area contributed by atoms with Crippen LogP contribution in [0, 0.1) is 0 Å². The Morgan fingerprint density at radius 3 is 2.04 bits per heavy atom. The Morgan fingerprint density at radius 1 is 0.760 bits per heavy atom. The van der Waals surface area contributed by atoms with Crippen LogP contribution in [0.5, 0.6) is 0 Å². The Bertz CT molecular complexity index is 834. The van der Waals surface area contributed by atoms with E-state index in [9.17, 15) is 0 Å². The van der Waals surface area contributed by atoms with Gasteiger partial charge in [-0.1, -0.05) is 78.5 Å². The van der Waals surface area contributed by atoms with E-state index in [1.54, 1.807) is 11.8 Å². The zero-order chi connectivity index (χ0) is 16.9. The number of hydrogen-bond donors (Lipinski definition) is 0. The molecule has 3 heteroatoms. The van der Waals surface area contributed by atoms with E-state index in [4.69, 9.17) is 9.73 Å². The smallest absolute Gasteiger partial charge is 0.217 e. The normalized spacial score (nSPS) is 19.3. The molecule has 2 nitrogen and oxygen atoms in total. The van der Waals surface area contributed by atoms with E-state index in [2.05, 4.69) is 48.5 Å². The summed E-state index contributed by atoms with van der Waals surface area (Å²) in [4.78, 5) is 6.11. The molecule has 25 heavy (non-hydrogen) atoms. The molecular formula is C22H19NOS. The first-order valence-corrected chi connectivity index (χ1v) is 9.32. The quantitative estimate of drug-likeness (QED) is 0.634. The Morgan fingerprint density at radius 2 is 1.36 bits per heavy atom. The predicted molar refractivity (Wildman–Crippen MR) is 104 cm³/mol. The van der Waals surface area contributed by atoms with E-state index in [1.807, 2.05) is 42.5 Å². The van der Waals surface area contributed by atoms with Gasteiger partial charge in [0, 0.05) is 10.5 Å². The van der Waals surface area contributed by atoms with E-state index in [0.29, 0.717) is 0 Å². The van der Waals surface area contributed by atoms with Crippen LogP contribution in [0.4, 0.5) is 0 Å². The van der Waals surface area contributed by atoms with Crippen LogP contribution in [0.3, 0.4) is 0 Å². The van der Waals surface area contributed by atoms with Crippen LogP contribution in [-0.2, 0) is 11.2 Å². The molecule has 0 bridgehead atoms. The summed E-state index contributed by atoms with van der Waals surface area (Å²) in [7, 11) is 0. The molecule has 1 aliphatic heterocycles. The van der Waals surface area contributed by atoms with Gasteiger partial charge < -0.3 is 4.74 Å². The van der Waals surface area contributed by atoms with Gasteiger partial charge in [-0.3, -0.25) is 0 Å². The molecule has 0 aliphatic carbocycles. The average molecular weight is 345 g/mol. The predicted octanol–water partition coefficient (Wildman–Crippen LogP) is 5.19. The maximum atomic E-state index is 6.25. The molecule has 3 aromatic rings. The summed E-state index contributed by atoms with van der Waals surface area (Å²) in [6.45, 7) is 0. The molecule has 1 aliphatic rings. The Hall–Kier alpha value is -2.52. The fraction of sp³-hybridized carbons (Fsp3) is 0.136. The molecule has 1 heterocycles. The molecule has 4 rings (SSSR count). The fourth-order valence-corrected chi connectivity index (χ4v) is 3.92. The Balaban J connectivity index is 1.58. The van der Waals surface area contributed by atoms with Crippen LogP contribution in [0.2, 0.25) is 0 Å². The van der Waals surface area contributed by atoms with Crippen LogP contribution in [-0.4, -0.2) is 17.4 Å². The molecule has 0 aromatic heterocycles. The van der Waals surface area contributed by atoms with Crippen molar-refractivity contribution in [2.45, 2.75) is 22.8 Å². The van der Waals surface area contributed by atoms with E-state index >= 15 is 0 Å². The molecule has 3 aromatic carbocycles. The number of hydrogen-bond acceptors (Lipinski definition) is 3. The third kappa shape index (κ3) is 3.94. The minimum absolute atomic E-state index is 0.0159. The van der Waals surface area contributed by atoms with Crippen LogP contribution in [0.1, 0.15) is 11.1 Å². The first-order chi connectivity index (χ1) is 12.4. The molecule has 1 unspecified atom stereocenters. The van der Waals surface area contributed by atoms with Gasteiger partial charge >= 0.3 is 0 Å². The lowest BCUT2D eigenvalue weighted by molar-refractivity contribution is 0.281. The number of thioether (sulfide) groups is 1. The summed E-state index contributed by atoms with van der Waals surface area (Å²) in [6.07, 6.45) is 0.877. The van der Waals surface area contributed by atoms with Gasteiger partial charge in [-0.2, -0.15) is 0 Å². The Labute approximate surface area is 152 Å². The largest absolute Gasteiger partial charge is 0.460 e. The van der Waals surface area contributed by atoms with Crippen LogP contribution < -0.4 is 0 Å². The van der Waals surface area contributed by atoms with E-state index in [-0.39, 0.29) is 11.5 Å². The van der Waals surface area contributed by atoms with E-state index < -0.39 is 0 Å². The summed E-state index contributed by atoms with van der Waals surface area (Å²) in [5, 5.41) is 0. The van der Waals surface area contributed by atoms with Crippen molar-refractivity contribution in [1.29, 1.82) is 0 Å². The zero-order valence-corrected chi connectivity index (χ0v) is 14.6. The third-order valence-corrected chi connectivity index (χ3v) is 5.32. The number of nitrogens with zero attached hydrogens (tertiary/aromatic N) is 1. The van der Waals surface area contributed by atoms with Crippen molar-refractivity contribution < 1.29 is 4.74 Å². The van der Waals surface area contributed by atoms with Crippen molar-refractivity contribution in [3.8, 4) is 0 Å². The van der Waals surface area contributed by atoms with Crippen molar-refractivity contribution in [3.05, 3.63) is 102 Å². The van der Waals surface area contributed by atoms with Gasteiger partial charge in [-0.15, -0.1) is 0 Å². The van der Waals surface area contributed by atoms with Gasteiger partial charge in [-0.05, 0) is 36.2 Å². The van der Waals surface area contributed by atoms with E-state index in [1.165, 1.54) is 10.5 Å². The standard InChI is InChI=1S/C22H19NOS/c1-4-10-17(11-5-1)16-20-22(25-19-14-8-3-9-15-19)24-21(23-20)18-12-6-2-7-13-18/h1-15,20,22H,16H2/t20-,22?/m0/s1. The third-order valence-electron chi connectivity index (χ3n) is 4.13. The minimum atomic E-state index is -0.0159. The second-order valence-corrected chi connectivity index (χ2v) is 7.15. The molecule has 0 radical (unpaired) electrons. The van der Waals surface area contributed by atoms with Gasteiger partial charge in [-0.25, -0.2) is 4.99 Å². The molecule has 0 amide bonds. The van der Waals surface area contributed by atoms with Crippen molar-refractivity contribution in [2.75, 3.05) is 0 Å². The molecule has 124 valence electrons. The molecule has 0 N–H and O–H groups in total. The van der Waals surface area contributed by atoms with Crippen LogP contribution >= 0.6 is 11.8 Å². The molecule has 0 saturated heterocycles. The lowest BCUT2D eigenvalue weighted by Gasteiger charge is -2.17. The number of ether oxygens (including phenoxy) is 1. The summed E-state index contributed by atoms with van der Waals surface area (Å²) in [5.74, 6) is 0.745. The molecule has 0 spiro atoms. The fourth-order valence-electron chi connectivity index (χ4n) is 2.89. The number of benzene rings is 3. The SMILES string of the molecule is c1ccc(C[C@@H]2N=C(c3ccccc3)OC2Sc2ccccc2)cc1. The zero-order valence-electron chi connectivity index (χ0n) is 13.8. The molecule has 2 atom stereocenters. The molecular weight excluding hydrogens is 326 g/mol. The summed E-state index contributed by atoms with van der Waals surface area (Å²) >= 11 is 1.74. The summed E-state index contributed by atoms with van der Waals surface area (Å²) in [5.41, 5.74) is 2.31. The first-order valence-electron chi connectivity index (χ1n) is 8.44. The van der Waals surface area contributed by atoms with E-state index in [0.717, 1.165) is 17.9 Å². The maximum absolute atomic E-state index is 6.25. The highest BCUT2D eigenvalue weighted by Crippen LogP contribution is 2.33. The highest BCUT2D eigenvalue weighted by atomic mass is 32.2. The van der Waals surface area contributed by atoms with Gasteiger partial charge in [0.05, 0.1) is 0 Å². The highest BCUT2D eigenvalue weighted by molar-refractivity contribution is 7.99. The van der Waals surface area contributed by atoms with Gasteiger partial charge in [0.2, 0.25) is 5.90 Å². The van der Waals surface area contributed by atoms with Crippen molar-refractivity contribution in [1.82, 2.24) is 0 Å². The van der Waals surface area contributed by atoms with Gasteiger partial charge in [0.25, 0.3) is 0 Å². The Kier molecular flexibility index (Phi) is 4.84. The van der Waals surface area contributed by atoms with Crippen LogP contribution in [0.25, 0.3) is 0 Å². The maximum Gasteiger partial charge on any atom is 0.217 e. The highest BCUT2D eigenvalue weighted by Gasteiger charge is 2.32.